The number of hydrogen-bond acceptors (Lipinski definition) is 2. The van der Waals surface area contributed by atoms with Gasteiger partial charge >= 0.3 is 0 Å². The molecule has 0 saturated carbocycles. The Morgan fingerprint density at radius 3 is 2.80 bits per heavy atom. The van der Waals surface area contributed by atoms with Crippen LogP contribution < -0.4 is 5.32 Å². The molecule has 0 unspecified atom stereocenters. The summed E-state index contributed by atoms with van der Waals surface area (Å²) in [6.07, 6.45) is 6.28. The van der Waals surface area contributed by atoms with Gasteiger partial charge < -0.3 is 10.4 Å². The topological polar surface area (TPSA) is 49.3 Å². The minimum Gasteiger partial charge on any atom is -0.384 e. The maximum absolute atomic E-state index is 11.8. The molecule has 20 heavy (non-hydrogen) atoms. The Balaban J connectivity index is 2.38. The summed E-state index contributed by atoms with van der Waals surface area (Å²) < 4.78 is 0. The van der Waals surface area contributed by atoms with Crippen molar-refractivity contribution in [2.45, 2.75) is 45.4 Å². The predicted octanol–water partition coefficient (Wildman–Crippen LogP) is 3.33. The first kappa shape index (κ1) is 16.3. The van der Waals surface area contributed by atoms with Gasteiger partial charge in [0.25, 0.3) is 0 Å². The number of benzene rings is 1. The van der Waals surface area contributed by atoms with Crippen molar-refractivity contribution in [3.05, 3.63) is 29.8 Å². The molecule has 3 nitrogen and oxygen atoms in total. The van der Waals surface area contributed by atoms with Gasteiger partial charge in [0.15, 0.2) is 0 Å². The molecule has 0 aliphatic rings. The minimum atomic E-state index is -0.158. The van der Waals surface area contributed by atoms with Gasteiger partial charge in [0.05, 0.1) is 0 Å². The second-order valence-corrected chi connectivity index (χ2v) is 4.75. The molecule has 0 radical (unpaired) electrons. The van der Waals surface area contributed by atoms with E-state index in [-0.39, 0.29) is 12.5 Å². The maximum atomic E-state index is 11.8. The van der Waals surface area contributed by atoms with Gasteiger partial charge in [-0.05, 0) is 24.6 Å². The molecule has 3 heteroatoms. The van der Waals surface area contributed by atoms with Crippen LogP contribution >= 0.6 is 0 Å². The molecular weight excluding hydrogens is 250 g/mol. The summed E-state index contributed by atoms with van der Waals surface area (Å²) in [5, 5.41) is 11.5. The van der Waals surface area contributed by atoms with Gasteiger partial charge in [-0.15, -0.1) is 0 Å². The largest absolute Gasteiger partial charge is 0.384 e. The fraction of sp³-hybridized carbons (Fsp3) is 0.471. The summed E-state index contributed by atoms with van der Waals surface area (Å²) in [4.78, 5) is 11.8. The third-order valence-corrected chi connectivity index (χ3v) is 2.97. The Morgan fingerprint density at radius 2 is 2.05 bits per heavy atom. The molecule has 0 aliphatic heterocycles. The number of aliphatic hydroxyl groups excluding tert-OH is 1. The second kappa shape index (κ2) is 10.1. The Kier molecular flexibility index (Phi) is 8.17. The second-order valence-electron chi connectivity index (χ2n) is 4.75. The summed E-state index contributed by atoms with van der Waals surface area (Å²) in [5.74, 6) is 5.46. The molecule has 0 aliphatic carbocycles. The van der Waals surface area contributed by atoms with Crippen LogP contribution in [0.1, 0.15) is 51.0 Å². The van der Waals surface area contributed by atoms with E-state index in [1.165, 1.54) is 19.3 Å². The van der Waals surface area contributed by atoms with Crippen molar-refractivity contribution in [1.29, 1.82) is 0 Å². The summed E-state index contributed by atoms with van der Waals surface area (Å²) in [5.41, 5.74) is 1.55. The van der Waals surface area contributed by atoms with Gasteiger partial charge in [-0.25, -0.2) is 0 Å². The summed E-state index contributed by atoms with van der Waals surface area (Å²) in [6.45, 7) is 2.02. The normalized spacial score (nSPS) is 9.70. The molecule has 0 aromatic heterocycles. The number of carbonyl (C=O) groups is 1. The number of hydrogen-bond donors (Lipinski definition) is 2. The van der Waals surface area contributed by atoms with Crippen molar-refractivity contribution in [3.63, 3.8) is 0 Å². The van der Waals surface area contributed by atoms with E-state index in [1.807, 2.05) is 24.3 Å². The zero-order chi connectivity index (χ0) is 14.6. The molecule has 1 aromatic rings. The van der Waals surface area contributed by atoms with Crippen molar-refractivity contribution < 1.29 is 9.90 Å². The average Bonchev–Trinajstić information content (AvgIpc) is 2.45. The maximum Gasteiger partial charge on any atom is 0.224 e. The fourth-order valence-electron chi connectivity index (χ4n) is 1.93. The minimum absolute atomic E-state index is 0.0498. The van der Waals surface area contributed by atoms with E-state index < -0.39 is 0 Å². The summed E-state index contributed by atoms with van der Waals surface area (Å²) in [6, 6.07) is 7.36. The highest BCUT2D eigenvalue weighted by molar-refractivity contribution is 5.90. The Bertz CT molecular complexity index is 471. The highest BCUT2D eigenvalue weighted by Gasteiger charge is 2.02. The highest BCUT2D eigenvalue weighted by Crippen LogP contribution is 2.11. The van der Waals surface area contributed by atoms with Gasteiger partial charge in [0.1, 0.15) is 6.61 Å². The monoisotopic (exact) mass is 273 g/mol. The quantitative estimate of drug-likeness (QED) is 0.591. The number of aliphatic hydroxyl groups is 1. The predicted molar refractivity (Wildman–Crippen MR) is 82.4 cm³/mol. The lowest BCUT2D eigenvalue weighted by Crippen LogP contribution is -2.11. The van der Waals surface area contributed by atoms with E-state index in [9.17, 15) is 4.79 Å². The molecule has 0 fully saturated rings. The first-order chi connectivity index (χ1) is 9.76. The van der Waals surface area contributed by atoms with E-state index in [2.05, 4.69) is 24.1 Å². The van der Waals surface area contributed by atoms with Crippen LogP contribution in [0.4, 0.5) is 5.69 Å². The molecule has 1 amide bonds. The van der Waals surface area contributed by atoms with E-state index in [0.717, 1.165) is 24.1 Å². The van der Waals surface area contributed by atoms with Crippen molar-refractivity contribution in [1.82, 2.24) is 0 Å². The van der Waals surface area contributed by atoms with Crippen LogP contribution in [-0.2, 0) is 4.79 Å². The molecule has 0 bridgehead atoms. The number of amides is 1. The van der Waals surface area contributed by atoms with Gasteiger partial charge in [-0.3, -0.25) is 4.79 Å². The number of unbranched alkanes of at least 4 members (excludes halogenated alkanes) is 4. The van der Waals surface area contributed by atoms with Crippen molar-refractivity contribution in [2.24, 2.45) is 0 Å². The fourth-order valence-corrected chi connectivity index (χ4v) is 1.93. The van der Waals surface area contributed by atoms with Crippen molar-refractivity contribution >= 4 is 11.6 Å². The summed E-state index contributed by atoms with van der Waals surface area (Å²) >= 11 is 0. The number of rotatable bonds is 7. The van der Waals surface area contributed by atoms with Gasteiger partial charge in [-0.2, -0.15) is 0 Å². The zero-order valence-electron chi connectivity index (χ0n) is 12.1. The van der Waals surface area contributed by atoms with E-state index >= 15 is 0 Å². The molecule has 2 N–H and O–H groups in total. The highest BCUT2D eigenvalue weighted by atomic mass is 16.2. The van der Waals surface area contributed by atoms with Crippen LogP contribution in [0.3, 0.4) is 0 Å². The first-order valence-electron chi connectivity index (χ1n) is 7.26. The van der Waals surface area contributed by atoms with E-state index in [0.29, 0.717) is 6.42 Å². The Hall–Kier alpha value is -1.79. The molecule has 108 valence electrons. The number of carbonyl (C=O) groups excluding carboxylic acids is 1. The molecule has 1 rings (SSSR count). The number of anilines is 1. The summed E-state index contributed by atoms with van der Waals surface area (Å²) in [7, 11) is 0. The molecule has 1 aromatic carbocycles. The zero-order valence-corrected chi connectivity index (χ0v) is 12.1. The lowest BCUT2D eigenvalue weighted by Gasteiger charge is -2.05. The van der Waals surface area contributed by atoms with Crippen LogP contribution in [0.2, 0.25) is 0 Å². The SMILES string of the molecule is CCCCCCCC(=O)Nc1cccc(C#CCO)c1. The smallest absolute Gasteiger partial charge is 0.224 e. The van der Waals surface area contributed by atoms with Crippen LogP contribution in [-0.4, -0.2) is 17.6 Å². The first-order valence-corrected chi connectivity index (χ1v) is 7.26. The van der Waals surface area contributed by atoms with Crippen LogP contribution in [0.5, 0.6) is 0 Å². The van der Waals surface area contributed by atoms with Crippen molar-refractivity contribution in [3.8, 4) is 11.8 Å². The van der Waals surface area contributed by atoms with Crippen LogP contribution in [0.25, 0.3) is 0 Å². The third-order valence-electron chi connectivity index (χ3n) is 2.97. The Labute approximate surface area is 121 Å². The molecule has 0 atom stereocenters. The average molecular weight is 273 g/mol. The van der Waals surface area contributed by atoms with Crippen LogP contribution in [0.15, 0.2) is 24.3 Å². The molecule has 0 heterocycles. The molecule has 0 spiro atoms. The van der Waals surface area contributed by atoms with Crippen molar-refractivity contribution in [2.75, 3.05) is 11.9 Å². The Morgan fingerprint density at radius 1 is 1.25 bits per heavy atom. The lowest BCUT2D eigenvalue weighted by atomic mass is 10.1. The molecule has 0 saturated heterocycles. The van der Waals surface area contributed by atoms with Crippen LogP contribution in [0, 0.1) is 11.8 Å². The van der Waals surface area contributed by atoms with E-state index in [4.69, 9.17) is 5.11 Å². The van der Waals surface area contributed by atoms with Gasteiger partial charge in [0, 0.05) is 17.7 Å². The van der Waals surface area contributed by atoms with Gasteiger partial charge in [0.2, 0.25) is 5.91 Å². The standard InChI is InChI=1S/C17H23NO2/c1-2-3-4-5-6-12-17(20)18-16-11-7-9-15(14-16)10-8-13-19/h7,9,11,14,19H,2-6,12-13H2,1H3,(H,18,20). The van der Waals surface area contributed by atoms with Gasteiger partial charge in [-0.1, -0.05) is 50.5 Å². The van der Waals surface area contributed by atoms with E-state index in [1.54, 1.807) is 0 Å². The molecular formula is C17H23NO2. The number of nitrogens with one attached hydrogen (secondary N) is 1. The lowest BCUT2D eigenvalue weighted by molar-refractivity contribution is -0.116. The third kappa shape index (κ3) is 6.96.